The number of sulfonamides is 1. The number of benzene rings is 1. The molecule has 1 aromatic carbocycles. The van der Waals surface area contributed by atoms with E-state index in [1.165, 1.54) is 32.4 Å². The van der Waals surface area contributed by atoms with Crippen LogP contribution < -0.4 is 30.0 Å². The van der Waals surface area contributed by atoms with Crippen LogP contribution in [0.5, 0.6) is 17.4 Å². The Balaban J connectivity index is 1.48. The Labute approximate surface area is 281 Å². The smallest absolute Gasteiger partial charge is 0.451 e. The van der Waals surface area contributed by atoms with Crippen molar-refractivity contribution in [2.75, 3.05) is 20.8 Å². The van der Waals surface area contributed by atoms with Crippen LogP contribution in [0.2, 0.25) is 0 Å². The summed E-state index contributed by atoms with van der Waals surface area (Å²) in [5.41, 5.74) is 3.74. The maximum atomic E-state index is 13.9. The Morgan fingerprint density at radius 2 is 1.76 bits per heavy atom. The van der Waals surface area contributed by atoms with Gasteiger partial charge in [0.05, 0.1) is 43.0 Å². The van der Waals surface area contributed by atoms with Crippen molar-refractivity contribution < 1.29 is 50.2 Å². The number of ether oxygens (including phenoxy) is 3. The number of fused-ring (bicyclic) bond motifs is 1. The molecular formula is C31H39F3N6O8S. The normalized spacial score (nSPS) is 24.6. The Hall–Kier alpha value is -4.19. The van der Waals surface area contributed by atoms with Gasteiger partial charge in [0.25, 0.3) is 5.91 Å². The third-order valence-electron chi connectivity index (χ3n) is 8.99. The highest BCUT2D eigenvalue weighted by Gasteiger charge is 2.62. The minimum atomic E-state index is -4.95. The molecule has 0 unspecified atom stereocenters. The SMILES string of the molecule is C=C[C@@H]1C[C@]1(NC(=O)[C@@H]1C[C@@H](Oc2nc(C(F)(F)F)nc3cc(OC)c(OC)cc23)CN1C(=O)[C@@H](N)C(C)(C)C)C(=O)NS(=O)(=O)C1CC1. The first-order valence-corrected chi connectivity index (χ1v) is 17.0. The Bertz CT molecular complexity index is 1800. The van der Waals surface area contributed by atoms with Gasteiger partial charge in [-0.25, -0.2) is 13.4 Å². The second kappa shape index (κ2) is 12.6. The zero-order chi connectivity index (χ0) is 36.3. The summed E-state index contributed by atoms with van der Waals surface area (Å²) in [6, 6.07) is 0.187. The molecule has 14 nitrogen and oxygen atoms in total. The van der Waals surface area contributed by atoms with Gasteiger partial charge in [-0.2, -0.15) is 18.2 Å². The molecule has 1 aliphatic heterocycles. The summed E-state index contributed by atoms with van der Waals surface area (Å²) >= 11 is 0. The molecule has 2 heterocycles. The van der Waals surface area contributed by atoms with Gasteiger partial charge in [-0.15, -0.1) is 6.58 Å². The first kappa shape index (κ1) is 36.1. The Morgan fingerprint density at radius 3 is 2.29 bits per heavy atom. The topological polar surface area (TPSA) is 192 Å². The lowest BCUT2D eigenvalue weighted by molar-refractivity contribution is -0.145. The first-order valence-electron chi connectivity index (χ1n) is 15.5. The second-order valence-electron chi connectivity index (χ2n) is 13.6. The van der Waals surface area contributed by atoms with E-state index in [4.69, 9.17) is 19.9 Å². The molecule has 1 saturated heterocycles. The number of rotatable bonds is 11. The van der Waals surface area contributed by atoms with Gasteiger partial charge in [-0.3, -0.25) is 19.1 Å². The fourth-order valence-electron chi connectivity index (χ4n) is 5.75. The molecule has 0 radical (unpaired) electrons. The molecule has 3 aliphatic rings. The number of carbonyl (C=O) groups excluding carboxylic acids is 3. The van der Waals surface area contributed by atoms with Crippen molar-refractivity contribution >= 4 is 38.6 Å². The molecular weight excluding hydrogens is 673 g/mol. The number of amides is 3. The maximum Gasteiger partial charge on any atom is 0.451 e. The maximum absolute atomic E-state index is 13.9. The van der Waals surface area contributed by atoms with Crippen LogP contribution in [0.3, 0.4) is 0 Å². The predicted octanol–water partition coefficient (Wildman–Crippen LogP) is 2.06. The molecule has 268 valence electrons. The van der Waals surface area contributed by atoms with Crippen LogP contribution in [-0.2, 0) is 30.6 Å². The van der Waals surface area contributed by atoms with Crippen LogP contribution in [0.4, 0.5) is 13.2 Å². The average Bonchev–Trinajstić information content (AvgIpc) is 3.95. The highest BCUT2D eigenvalue weighted by atomic mass is 32.2. The van der Waals surface area contributed by atoms with E-state index in [2.05, 4.69) is 26.6 Å². The van der Waals surface area contributed by atoms with E-state index in [1.807, 2.05) is 0 Å². The number of hydrogen-bond acceptors (Lipinski definition) is 11. The van der Waals surface area contributed by atoms with Crippen molar-refractivity contribution in [1.82, 2.24) is 24.9 Å². The van der Waals surface area contributed by atoms with Gasteiger partial charge in [0, 0.05) is 18.4 Å². The van der Waals surface area contributed by atoms with E-state index in [0.717, 1.165) is 4.90 Å². The summed E-state index contributed by atoms with van der Waals surface area (Å²) in [4.78, 5) is 49.4. The molecule has 18 heteroatoms. The Morgan fingerprint density at radius 1 is 1.12 bits per heavy atom. The van der Waals surface area contributed by atoms with Crippen LogP contribution in [-0.4, -0.2) is 90.7 Å². The monoisotopic (exact) mass is 712 g/mol. The molecule has 2 aliphatic carbocycles. The summed E-state index contributed by atoms with van der Waals surface area (Å²) in [6.45, 7) is 8.57. The number of nitrogens with one attached hydrogen (secondary N) is 2. The van der Waals surface area contributed by atoms with Gasteiger partial charge in [-0.1, -0.05) is 26.8 Å². The summed E-state index contributed by atoms with van der Waals surface area (Å²) in [5.74, 6) is -4.67. The van der Waals surface area contributed by atoms with Crippen molar-refractivity contribution in [3.8, 4) is 17.4 Å². The molecule has 0 bridgehead atoms. The molecule has 1 aromatic heterocycles. The van der Waals surface area contributed by atoms with E-state index in [-0.39, 0.29) is 41.8 Å². The third-order valence-corrected chi connectivity index (χ3v) is 10.8. The summed E-state index contributed by atoms with van der Waals surface area (Å²) in [5, 5.41) is 1.99. The highest BCUT2D eigenvalue weighted by Crippen LogP contribution is 2.46. The molecule has 2 aromatic rings. The van der Waals surface area contributed by atoms with E-state index >= 15 is 0 Å². The lowest BCUT2D eigenvalue weighted by Crippen LogP contribution is -2.59. The van der Waals surface area contributed by atoms with Gasteiger partial charge in [0.1, 0.15) is 17.7 Å². The number of methoxy groups -OCH3 is 2. The predicted molar refractivity (Wildman–Crippen MR) is 169 cm³/mol. The molecule has 0 spiro atoms. The largest absolute Gasteiger partial charge is 0.493 e. The zero-order valence-electron chi connectivity index (χ0n) is 27.6. The Kier molecular flexibility index (Phi) is 9.29. The van der Waals surface area contributed by atoms with Gasteiger partial charge in [-0.05, 0) is 30.7 Å². The number of halogens is 3. The quantitative estimate of drug-likeness (QED) is 0.289. The molecule has 3 fully saturated rings. The number of hydrogen-bond donors (Lipinski definition) is 3. The van der Waals surface area contributed by atoms with E-state index in [0.29, 0.717) is 12.8 Å². The van der Waals surface area contributed by atoms with E-state index < -0.39 is 85.9 Å². The van der Waals surface area contributed by atoms with Gasteiger partial charge >= 0.3 is 6.18 Å². The number of carbonyl (C=O) groups is 3. The summed E-state index contributed by atoms with van der Waals surface area (Å²) in [6.07, 6.45) is -3.95. The second-order valence-corrected chi connectivity index (χ2v) is 15.5. The molecule has 5 atom stereocenters. The van der Waals surface area contributed by atoms with Crippen molar-refractivity contribution in [3.63, 3.8) is 0 Å². The van der Waals surface area contributed by atoms with Gasteiger partial charge in [0.15, 0.2) is 11.5 Å². The zero-order valence-corrected chi connectivity index (χ0v) is 28.4. The molecule has 2 saturated carbocycles. The van der Waals surface area contributed by atoms with Crippen LogP contribution >= 0.6 is 0 Å². The number of nitrogens with zero attached hydrogens (tertiary/aromatic N) is 3. The van der Waals surface area contributed by atoms with Crippen LogP contribution in [0.15, 0.2) is 24.8 Å². The number of nitrogens with two attached hydrogens (primary N) is 1. The minimum absolute atomic E-state index is 0.0436. The van der Waals surface area contributed by atoms with Crippen LogP contribution in [0.1, 0.15) is 52.3 Å². The van der Waals surface area contributed by atoms with Crippen molar-refractivity contribution in [1.29, 1.82) is 0 Å². The third kappa shape index (κ3) is 7.11. The van der Waals surface area contributed by atoms with E-state index in [9.17, 15) is 36.0 Å². The molecule has 49 heavy (non-hydrogen) atoms. The summed E-state index contributed by atoms with van der Waals surface area (Å²) < 4.78 is 85.3. The summed E-state index contributed by atoms with van der Waals surface area (Å²) in [7, 11) is -1.30. The van der Waals surface area contributed by atoms with Crippen LogP contribution in [0, 0.1) is 11.3 Å². The van der Waals surface area contributed by atoms with Crippen molar-refractivity contribution in [3.05, 3.63) is 30.6 Å². The van der Waals surface area contributed by atoms with Gasteiger partial charge in [0.2, 0.25) is 33.5 Å². The van der Waals surface area contributed by atoms with Gasteiger partial charge < -0.3 is 30.2 Å². The minimum Gasteiger partial charge on any atom is -0.493 e. The lowest BCUT2D eigenvalue weighted by Gasteiger charge is -2.33. The highest BCUT2D eigenvalue weighted by molar-refractivity contribution is 7.91. The first-order chi connectivity index (χ1) is 22.7. The van der Waals surface area contributed by atoms with Crippen molar-refractivity contribution in [2.24, 2.45) is 17.1 Å². The average molecular weight is 713 g/mol. The standard InChI is InChI=1S/C31H39F3N6O8S/c1-7-15-13-30(15,28(43)39-49(44,45)17-8-9-17)38-24(41)20-10-16(14-40(20)26(42)23(35)29(2,3)4)48-25-18-11-21(46-5)22(47-6)12-19(18)36-27(37-25)31(32,33)34/h7,11-12,15-17,20,23H,1,8-10,13-14,35H2,2-6H3,(H,38,41)(H,39,43)/t15-,16-,20+,23-,30-/m1/s1. The van der Waals surface area contributed by atoms with Crippen LogP contribution in [0.25, 0.3) is 10.9 Å². The lowest BCUT2D eigenvalue weighted by atomic mass is 9.86. The number of aromatic nitrogens is 2. The number of likely N-dealkylation sites (tertiary alicyclic amines) is 1. The molecule has 5 rings (SSSR count). The molecule has 3 amide bonds. The van der Waals surface area contributed by atoms with Crippen molar-refractivity contribution in [2.45, 2.75) is 81.6 Å². The fraction of sp³-hybridized carbons (Fsp3) is 0.581. The number of alkyl halides is 3. The fourth-order valence-corrected chi connectivity index (χ4v) is 7.11. The van der Waals surface area contributed by atoms with E-state index in [1.54, 1.807) is 20.8 Å². The molecule has 4 N–H and O–H groups in total.